The topological polar surface area (TPSA) is 12.0 Å². The van der Waals surface area contributed by atoms with Gasteiger partial charge in [-0.1, -0.05) is 39.0 Å². The van der Waals surface area contributed by atoms with Gasteiger partial charge >= 0.3 is 0 Å². The van der Waals surface area contributed by atoms with E-state index in [1.807, 2.05) is 6.92 Å². The lowest BCUT2D eigenvalue weighted by Gasteiger charge is -2.25. The summed E-state index contributed by atoms with van der Waals surface area (Å²) in [6.45, 7) is 2.54. The van der Waals surface area contributed by atoms with Gasteiger partial charge in [0.1, 0.15) is 17.5 Å². The first kappa shape index (κ1) is 16.3. The zero-order chi connectivity index (χ0) is 15.2. The van der Waals surface area contributed by atoms with Crippen molar-refractivity contribution < 1.29 is 13.2 Å². The quantitative estimate of drug-likeness (QED) is 0.769. The summed E-state index contributed by atoms with van der Waals surface area (Å²) in [5, 5.41) is 3.14. The van der Waals surface area contributed by atoms with Crippen LogP contribution in [-0.2, 0) is 0 Å². The Balaban J connectivity index is 2.07. The fourth-order valence-corrected chi connectivity index (χ4v) is 3.36. The molecule has 21 heavy (non-hydrogen) atoms. The van der Waals surface area contributed by atoms with E-state index in [2.05, 4.69) is 5.32 Å². The molecule has 1 aliphatic carbocycles. The predicted molar refractivity (Wildman–Crippen MR) is 78.5 cm³/mol. The van der Waals surface area contributed by atoms with Gasteiger partial charge in [0.25, 0.3) is 0 Å². The highest BCUT2D eigenvalue weighted by molar-refractivity contribution is 5.24. The monoisotopic (exact) mass is 299 g/mol. The molecule has 1 N–H and O–H groups in total. The molecule has 1 atom stereocenters. The van der Waals surface area contributed by atoms with Crippen molar-refractivity contribution in [3.63, 3.8) is 0 Å². The van der Waals surface area contributed by atoms with E-state index >= 15 is 0 Å². The van der Waals surface area contributed by atoms with Crippen molar-refractivity contribution in [3.05, 3.63) is 35.1 Å². The highest BCUT2D eigenvalue weighted by Crippen LogP contribution is 2.32. The van der Waals surface area contributed by atoms with Crippen molar-refractivity contribution in [2.75, 3.05) is 6.54 Å². The SMILES string of the molecule is CCNC(CCC1CCCCC1)c1c(F)cc(F)cc1F. The van der Waals surface area contributed by atoms with Crippen LogP contribution in [0.5, 0.6) is 0 Å². The molecule has 1 aliphatic rings. The van der Waals surface area contributed by atoms with E-state index < -0.39 is 17.5 Å². The van der Waals surface area contributed by atoms with Crippen LogP contribution in [-0.4, -0.2) is 6.54 Å². The van der Waals surface area contributed by atoms with Crippen LogP contribution in [0.25, 0.3) is 0 Å². The molecule has 118 valence electrons. The van der Waals surface area contributed by atoms with Crippen LogP contribution < -0.4 is 5.32 Å². The predicted octanol–water partition coefficient (Wildman–Crippen LogP) is 5.12. The van der Waals surface area contributed by atoms with Crippen molar-refractivity contribution in [2.24, 2.45) is 5.92 Å². The number of rotatable bonds is 6. The lowest BCUT2D eigenvalue weighted by atomic mass is 9.84. The molecule has 0 saturated heterocycles. The lowest BCUT2D eigenvalue weighted by molar-refractivity contribution is 0.311. The van der Waals surface area contributed by atoms with Crippen molar-refractivity contribution in [2.45, 2.75) is 57.9 Å². The Morgan fingerprint density at radius 3 is 2.29 bits per heavy atom. The Kier molecular flexibility index (Phi) is 6.09. The number of hydrogen-bond acceptors (Lipinski definition) is 1. The minimum Gasteiger partial charge on any atom is -0.310 e. The highest BCUT2D eigenvalue weighted by Gasteiger charge is 2.22. The van der Waals surface area contributed by atoms with Gasteiger partial charge in [-0.2, -0.15) is 0 Å². The minimum absolute atomic E-state index is 0.0194. The number of halogens is 3. The van der Waals surface area contributed by atoms with Gasteiger partial charge < -0.3 is 5.32 Å². The molecule has 1 unspecified atom stereocenters. The third-order valence-corrected chi connectivity index (χ3v) is 4.43. The number of benzene rings is 1. The molecule has 0 bridgehead atoms. The summed E-state index contributed by atoms with van der Waals surface area (Å²) < 4.78 is 40.9. The molecule has 0 heterocycles. The van der Waals surface area contributed by atoms with Crippen LogP contribution in [0.3, 0.4) is 0 Å². The molecule has 1 fully saturated rings. The van der Waals surface area contributed by atoms with Gasteiger partial charge in [-0.05, 0) is 25.3 Å². The maximum atomic E-state index is 13.9. The summed E-state index contributed by atoms with van der Waals surface area (Å²) in [7, 11) is 0. The highest BCUT2D eigenvalue weighted by atomic mass is 19.1. The summed E-state index contributed by atoms with van der Waals surface area (Å²) in [6, 6.07) is 1.16. The molecule has 1 nitrogen and oxygen atoms in total. The fraction of sp³-hybridized carbons (Fsp3) is 0.647. The van der Waals surface area contributed by atoms with Gasteiger partial charge in [-0.3, -0.25) is 0 Å². The molecule has 0 aliphatic heterocycles. The molecule has 1 aromatic rings. The zero-order valence-electron chi connectivity index (χ0n) is 12.6. The molecule has 0 spiro atoms. The average Bonchev–Trinajstić information content (AvgIpc) is 2.45. The van der Waals surface area contributed by atoms with Gasteiger partial charge in [0, 0.05) is 23.7 Å². The van der Waals surface area contributed by atoms with Crippen LogP contribution in [0, 0.1) is 23.4 Å². The van der Waals surface area contributed by atoms with Gasteiger partial charge in [0.2, 0.25) is 0 Å². The molecule has 4 heteroatoms. The minimum atomic E-state index is -0.865. The van der Waals surface area contributed by atoms with Crippen molar-refractivity contribution in [3.8, 4) is 0 Å². The first-order chi connectivity index (χ1) is 10.1. The Morgan fingerprint density at radius 1 is 1.10 bits per heavy atom. The van der Waals surface area contributed by atoms with Crippen LogP contribution >= 0.6 is 0 Å². The molecule has 1 saturated carbocycles. The zero-order valence-corrected chi connectivity index (χ0v) is 12.6. The molecule has 2 rings (SSSR count). The summed E-state index contributed by atoms with van der Waals surface area (Å²) in [5.74, 6) is -1.79. The average molecular weight is 299 g/mol. The van der Waals surface area contributed by atoms with Crippen LogP contribution in [0.15, 0.2) is 12.1 Å². The molecular formula is C17H24F3N. The van der Waals surface area contributed by atoms with Gasteiger partial charge in [0.15, 0.2) is 0 Å². The maximum Gasteiger partial charge on any atom is 0.133 e. The second-order valence-electron chi connectivity index (χ2n) is 5.97. The fourth-order valence-electron chi connectivity index (χ4n) is 3.36. The van der Waals surface area contributed by atoms with E-state index in [0.29, 0.717) is 18.9 Å². The van der Waals surface area contributed by atoms with E-state index in [9.17, 15) is 13.2 Å². The van der Waals surface area contributed by atoms with Crippen LogP contribution in [0.2, 0.25) is 0 Å². The summed E-state index contributed by atoms with van der Waals surface area (Å²) in [5.41, 5.74) is -0.0194. The Morgan fingerprint density at radius 2 is 1.71 bits per heavy atom. The summed E-state index contributed by atoms with van der Waals surface area (Å²) >= 11 is 0. The first-order valence-electron chi connectivity index (χ1n) is 7.99. The van der Waals surface area contributed by atoms with E-state index in [1.165, 1.54) is 32.1 Å². The van der Waals surface area contributed by atoms with Crippen molar-refractivity contribution >= 4 is 0 Å². The Bertz CT molecular complexity index is 432. The standard InChI is InChI=1S/C17H24F3N/c1-2-21-16(9-8-12-6-4-3-5-7-12)17-14(19)10-13(18)11-15(17)20/h10-12,16,21H,2-9H2,1H3. The number of nitrogens with one attached hydrogen (secondary N) is 1. The van der Waals surface area contributed by atoms with E-state index in [1.54, 1.807) is 0 Å². The summed E-state index contributed by atoms with van der Waals surface area (Å²) in [6.07, 6.45) is 7.91. The van der Waals surface area contributed by atoms with Crippen molar-refractivity contribution in [1.82, 2.24) is 5.32 Å². The van der Waals surface area contributed by atoms with Gasteiger partial charge in [-0.25, -0.2) is 13.2 Å². The lowest BCUT2D eigenvalue weighted by Crippen LogP contribution is -2.24. The van der Waals surface area contributed by atoms with E-state index in [0.717, 1.165) is 18.6 Å². The molecule has 0 radical (unpaired) electrons. The Labute approximate surface area is 124 Å². The largest absolute Gasteiger partial charge is 0.310 e. The molecule has 0 amide bonds. The van der Waals surface area contributed by atoms with Crippen LogP contribution in [0.1, 0.15) is 63.5 Å². The summed E-state index contributed by atoms with van der Waals surface area (Å²) in [4.78, 5) is 0. The van der Waals surface area contributed by atoms with E-state index in [4.69, 9.17) is 0 Å². The third kappa shape index (κ3) is 4.47. The normalized spacial score (nSPS) is 17.9. The van der Waals surface area contributed by atoms with Gasteiger partial charge in [0.05, 0.1) is 0 Å². The molecule has 1 aromatic carbocycles. The second kappa shape index (κ2) is 7.83. The van der Waals surface area contributed by atoms with E-state index in [-0.39, 0.29) is 11.6 Å². The Hall–Kier alpha value is -1.03. The number of hydrogen-bond donors (Lipinski definition) is 1. The molecule has 0 aromatic heterocycles. The smallest absolute Gasteiger partial charge is 0.133 e. The maximum absolute atomic E-state index is 13.9. The molecular weight excluding hydrogens is 275 g/mol. The second-order valence-corrected chi connectivity index (χ2v) is 5.97. The van der Waals surface area contributed by atoms with Crippen LogP contribution in [0.4, 0.5) is 13.2 Å². The first-order valence-corrected chi connectivity index (χ1v) is 7.99. The van der Waals surface area contributed by atoms with Crippen molar-refractivity contribution in [1.29, 1.82) is 0 Å². The van der Waals surface area contributed by atoms with Gasteiger partial charge in [-0.15, -0.1) is 0 Å². The third-order valence-electron chi connectivity index (χ3n) is 4.43.